The molecule has 20 heavy (non-hydrogen) atoms. The van der Waals surface area contributed by atoms with Crippen LogP contribution in [0.3, 0.4) is 0 Å². The highest BCUT2D eigenvalue weighted by atomic mass is 16.6. The Morgan fingerprint density at radius 2 is 2.20 bits per heavy atom. The van der Waals surface area contributed by atoms with Crippen molar-refractivity contribution in [2.75, 3.05) is 0 Å². The maximum atomic E-state index is 12.4. The fraction of sp³-hybridized carbons (Fsp3) is 0.625. The Morgan fingerprint density at radius 1 is 1.45 bits per heavy atom. The zero-order valence-corrected chi connectivity index (χ0v) is 12.7. The van der Waals surface area contributed by atoms with Crippen molar-refractivity contribution in [3.8, 4) is 0 Å². The van der Waals surface area contributed by atoms with E-state index in [-0.39, 0.29) is 12.1 Å². The molecule has 3 rings (SSSR count). The summed E-state index contributed by atoms with van der Waals surface area (Å²) in [5.74, 6) is 0. The van der Waals surface area contributed by atoms with E-state index in [1.165, 1.54) is 22.4 Å². The highest BCUT2D eigenvalue weighted by molar-refractivity contribution is 5.71. The normalized spacial score (nSPS) is 20.8. The molecule has 1 amide bonds. The Kier molecular flexibility index (Phi) is 3.00. The molecule has 2 aliphatic rings. The number of hydrogen-bond donors (Lipinski definition) is 0. The number of amides is 1. The Bertz CT molecular complexity index is 560. The van der Waals surface area contributed by atoms with Crippen LogP contribution in [0, 0.1) is 6.92 Å². The molecule has 1 aromatic rings. The van der Waals surface area contributed by atoms with Gasteiger partial charge in [0.2, 0.25) is 0 Å². The first-order valence-corrected chi connectivity index (χ1v) is 7.33. The molecule has 2 heterocycles. The fourth-order valence-corrected chi connectivity index (χ4v) is 3.22. The standard InChI is InChI=1S/C16H22N2O2/c1-10-8-17-12-6-5-7-13-14(12)11(10)9-18(13)15(19)20-16(2,3)4/h8,13H,5-7,9H2,1-4H3/t13-/m1/s1. The lowest BCUT2D eigenvalue weighted by Gasteiger charge is -2.30. The summed E-state index contributed by atoms with van der Waals surface area (Å²) in [6, 6.07) is 0.163. The number of carbonyl (C=O) groups excluding carboxylic acids is 1. The maximum Gasteiger partial charge on any atom is 0.411 e. The van der Waals surface area contributed by atoms with Crippen LogP contribution in [0.2, 0.25) is 0 Å². The van der Waals surface area contributed by atoms with E-state index < -0.39 is 5.60 Å². The molecule has 1 aliphatic heterocycles. The van der Waals surface area contributed by atoms with Gasteiger partial charge in [0.15, 0.2) is 0 Å². The van der Waals surface area contributed by atoms with Gasteiger partial charge in [0, 0.05) is 17.5 Å². The van der Waals surface area contributed by atoms with Gasteiger partial charge in [-0.25, -0.2) is 4.79 Å². The van der Waals surface area contributed by atoms with Gasteiger partial charge < -0.3 is 4.74 Å². The summed E-state index contributed by atoms with van der Waals surface area (Å²) in [5.41, 5.74) is 4.48. The van der Waals surface area contributed by atoms with Crippen LogP contribution in [0.1, 0.15) is 62.0 Å². The largest absolute Gasteiger partial charge is 0.444 e. The SMILES string of the molecule is Cc1cnc2c3c1CN(C(=O)OC(C)(C)C)[C@@H]3CCC2. The summed E-state index contributed by atoms with van der Waals surface area (Å²) in [4.78, 5) is 18.9. The summed E-state index contributed by atoms with van der Waals surface area (Å²) in [6.45, 7) is 8.47. The molecule has 0 bridgehead atoms. The quantitative estimate of drug-likeness (QED) is 0.727. The maximum absolute atomic E-state index is 12.4. The summed E-state index contributed by atoms with van der Waals surface area (Å²) < 4.78 is 5.56. The van der Waals surface area contributed by atoms with E-state index in [1.807, 2.05) is 31.9 Å². The van der Waals surface area contributed by atoms with Crippen molar-refractivity contribution in [1.29, 1.82) is 0 Å². The second kappa shape index (κ2) is 4.47. The molecule has 0 fully saturated rings. The lowest BCUT2D eigenvalue weighted by Crippen LogP contribution is -2.36. The number of pyridine rings is 1. The van der Waals surface area contributed by atoms with Crippen LogP contribution in [0.5, 0.6) is 0 Å². The highest BCUT2D eigenvalue weighted by Crippen LogP contribution is 2.43. The van der Waals surface area contributed by atoms with Crippen LogP contribution in [0.25, 0.3) is 0 Å². The minimum atomic E-state index is -0.448. The Labute approximate surface area is 120 Å². The van der Waals surface area contributed by atoms with Crippen molar-refractivity contribution < 1.29 is 9.53 Å². The van der Waals surface area contributed by atoms with Gasteiger partial charge in [-0.2, -0.15) is 0 Å². The van der Waals surface area contributed by atoms with Gasteiger partial charge in [0.25, 0.3) is 0 Å². The van der Waals surface area contributed by atoms with Crippen LogP contribution in [-0.2, 0) is 17.7 Å². The van der Waals surface area contributed by atoms with E-state index in [1.54, 1.807) is 0 Å². The molecule has 1 atom stereocenters. The molecule has 0 N–H and O–H groups in total. The van der Waals surface area contributed by atoms with Crippen LogP contribution in [0.15, 0.2) is 6.20 Å². The molecule has 108 valence electrons. The lowest BCUT2D eigenvalue weighted by atomic mass is 9.89. The van der Waals surface area contributed by atoms with E-state index in [0.29, 0.717) is 6.54 Å². The number of hydrogen-bond acceptors (Lipinski definition) is 3. The number of aromatic nitrogens is 1. The molecular formula is C16H22N2O2. The first kappa shape index (κ1) is 13.4. The fourth-order valence-electron chi connectivity index (χ4n) is 3.22. The number of carbonyl (C=O) groups is 1. The van der Waals surface area contributed by atoms with Crippen molar-refractivity contribution in [3.05, 3.63) is 28.6 Å². The highest BCUT2D eigenvalue weighted by Gasteiger charge is 2.40. The predicted octanol–water partition coefficient (Wildman–Crippen LogP) is 3.52. The third-order valence-corrected chi connectivity index (χ3v) is 4.08. The molecule has 0 radical (unpaired) electrons. The second-order valence-corrected chi connectivity index (χ2v) is 6.80. The third-order valence-electron chi connectivity index (χ3n) is 4.08. The molecule has 1 aliphatic carbocycles. The molecule has 0 saturated heterocycles. The molecule has 0 aromatic carbocycles. The van der Waals surface area contributed by atoms with Gasteiger partial charge >= 0.3 is 6.09 Å². The second-order valence-electron chi connectivity index (χ2n) is 6.80. The molecule has 0 unspecified atom stereocenters. The smallest absolute Gasteiger partial charge is 0.411 e. The molecule has 4 heteroatoms. The van der Waals surface area contributed by atoms with E-state index >= 15 is 0 Å². The number of ether oxygens (including phenoxy) is 1. The van der Waals surface area contributed by atoms with Crippen LogP contribution in [-0.4, -0.2) is 21.6 Å². The van der Waals surface area contributed by atoms with Gasteiger partial charge in [-0.3, -0.25) is 9.88 Å². The summed E-state index contributed by atoms with van der Waals surface area (Å²) in [5, 5.41) is 0. The topological polar surface area (TPSA) is 42.4 Å². The Balaban J connectivity index is 1.93. The minimum Gasteiger partial charge on any atom is -0.444 e. The van der Waals surface area contributed by atoms with Gasteiger partial charge in [0.1, 0.15) is 5.60 Å². The third kappa shape index (κ3) is 2.17. The van der Waals surface area contributed by atoms with E-state index in [4.69, 9.17) is 4.74 Å². The lowest BCUT2D eigenvalue weighted by molar-refractivity contribution is 0.0158. The first-order valence-electron chi connectivity index (χ1n) is 7.33. The Morgan fingerprint density at radius 3 is 2.90 bits per heavy atom. The molecule has 1 aromatic heterocycles. The van der Waals surface area contributed by atoms with E-state index in [2.05, 4.69) is 11.9 Å². The molecule has 0 saturated carbocycles. The number of rotatable bonds is 0. The van der Waals surface area contributed by atoms with Gasteiger partial charge in [-0.05, 0) is 58.1 Å². The van der Waals surface area contributed by atoms with E-state index in [0.717, 1.165) is 19.3 Å². The minimum absolute atomic E-state index is 0.163. The van der Waals surface area contributed by atoms with Crippen molar-refractivity contribution >= 4 is 6.09 Å². The zero-order valence-electron chi connectivity index (χ0n) is 12.7. The molecule has 0 spiro atoms. The average molecular weight is 274 g/mol. The molecule has 4 nitrogen and oxygen atoms in total. The monoisotopic (exact) mass is 274 g/mol. The summed E-state index contributed by atoms with van der Waals surface area (Å²) >= 11 is 0. The number of nitrogens with zero attached hydrogens (tertiary/aromatic N) is 2. The first-order chi connectivity index (χ1) is 9.37. The van der Waals surface area contributed by atoms with Crippen molar-refractivity contribution in [2.24, 2.45) is 0 Å². The van der Waals surface area contributed by atoms with Gasteiger partial charge in [-0.15, -0.1) is 0 Å². The van der Waals surface area contributed by atoms with Crippen LogP contribution < -0.4 is 0 Å². The van der Waals surface area contributed by atoms with Crippen LogP contribution >= 0.6 is 0 Å². The number of aryl methyl sites for hydroxylation is 2. The average Bonchev–Trinajstić information content (AvgIpc) is 2.74. The predicted molar refractivity (Wildman–Crippen MR) is 76.4 cm³/mol. The Hall–Kier alpha value is -1.58. The van der Waals surface area contributed by atoms with Gasteiger partial charge in [0.05, 0.1) is 12.6 Å². The van der Waals surface area contributed by atoms with Crippen LogP contribution in [0.4, 0.5) is 4.79 Å². The van der Waals surface area contributed by atoms with Crippen molar-refractivity contribution in [2.45, 2.75) is 65.1 Å². The zero-order chi connectivity index (χ0) is 14.5. The van der Waals surface area contributed by atoms with Gasteiger partial charge in [-0.1, -0.05) is 0 Å². The van der Waals surface area contributed by atoms with Crippen molar-refractivity contribution in [3.63, 3.8) is 0 Å². The van der Waals surface area contributed by atoms with E-state index in [9.17, 15) is 4.79 Å². The molecular weight excluding hydrogens is 252 g/mol. The van der Waals surface area contributed by atoms with Crippen molar-refractivity contribution in [1.82, 2.24) is 9.88 Å². The summed E-state index contributed by atoms with van der Waals surface area (Å²) in [7, 11) is 0. The summed E-state index contributed by atoms with van der Waals surface area (Å²) in [6.07, 6.45) is 4.87.